The van der Waals surface area contributed by atoms with Crippen molar-refractivity contribution >= 4 is 27.5 Å². The van der Waals surface area contributed by atoms with Crippen molar-refractivity contribution in [2.45, 2.75) is 13.3 Å². The van der Waals surface area contributed by atoms with E-state index in [2.05, 4.69) is 27.2 Å². The summed E-state index contributed by atoms with van der Waals surface area (Å²) in [5.41, 5.74) is 0.881. The maximum Gasteiger partial charge on any atom is 0.156 e. The molecule has 0 aliphatic carbocycles. The first-order chi connectivity index (χ1) is 6.35. The van der Waals surface area contributed by atoms with Crippen LogP contribution >= 0.6 is 11.3 Å². The van der Waals surface area contributed by atoms with Crippen molar-refractivity contribution in [1.29, 1.82) is 0 Å². The van der Waals surface area contributed by atoms with Gasteiger partial charge in [0.1, 0.15) is 16.7 Å². The molecule has 0 radical (unpaired) electrons. The van der Waals surface area contributed by atoms with Crippen LogP contribution in [0.4, 0.5) is 5.82 Å². The molecule has 2 rings (SSSR count). The van der Waals surface area contributed by atoms with Gasteiger partial charge < -0.3 is 5.32 Å². The van der Waals surface area contributed by atoms with Gasteiger partial charge in [-0.2, -0.15) is 0 Å². The van der Waals surface area contributed by atoms with Crippen molar-refractivity contribution in [2.24, 2.45) is 0 Å². The van der Waals surface area contributed by atoms with Crippen molar-refractivity contribution in [2.75, 3.05) is 12.4 Å². The van der Waals surface area contributed by atoms with Gasteiger partial charge in [-0.15, -0.1) is 0 Å². The summed E-state index contributed by atoms with van der Waals surface area (Å²) in [6, 6.07) is 0. The molecule has 2 aromatic rings. The fourth-order valence-electron chi connectivity index (χ4n) is 1.13. The fourth-order valence-corrected chi connectivity index (χ4v) is 1.97. The molecule has 2 aromatic heterocycles. The van der Waals surface area contributed by atoms with Crippen LogP contribution in [-0.2, 0) is 6.42 Å². The molecule has 2 heterocycles. The fraction of sp³-hybridized carbons (Fsp3) is 0.375. The standard InChI is InChI=1S/C8H10N4S/c1-3-5-12-6-7(9-2)10-4-11-8(6)13-5/h4H,3H2,1-2H3,(H,9,10,11). The third kappa shape index (κ3) is 1.35. The minimum atomic E-state index is 0.806. The number of fused-ring (bicyclic) bond motifs is 1. The first kappa shape index (κ1) is 8.37. The lowest BCUT2D eigenvalue weighted by atomic mass is 10.5. The van der Waals surface area contributed by atoms with E-state index in [1.807, 2.05) is 7.05 Å². The van der Waals surface area contributed by atoms with Crippen molar-refractivity contribution in [3.63, 3.8) is 0 Å². The summed E-state index contributed by atoms with van der Waals surface area (Å²) in [6.45, 7) is 2.09. The van der Waals surface area contributed by atoms with Crippen LogP contribution in [-0.4, -0.2) is 22.0 Å². The molecule has 0 atom stereocenters. The zero-order chi connectivity index (χ0) is 9.26. The summed E-state index contributed by atoms with van der Waals surface area (Å²) in [5, 5.41) is 4.10. The van der Waals surface area contributed by atoms with E-state index in [0.717, 1.165) is 27.6 Å². The van der Waals surface area contributed by atoms with Crippen LogP contribution in [0.1, 0.15) is 11.9 Å². The predicted molar refractivity (Wildman–Crippen MR) is 54.1 cm³/mol. The van der Waals surface area contributed by atoms with Crippen molar-refractivity contribution in [3.8, 4) is 0 Å². The quantitative estimate of drug-likeness (QED) is 0.790. The number of hydrogen-bond acceptors (Lipinski definition) is 5. The van der Waals surface area contributed by atoms with Gasteiger partial charge in [0, 0.05) is 7.05 Å². The van der Waals surface area contributed by atoms with Crippen molar-refractivity contribution in [3.05, 3.63) is 11.3 Å². The molecule has 0 saturated heterocycles. The number of rotatable bonds is 2. The van der Waals surface area contributed by atoms with E-state index < -0.39 is 0 Å². The van der Waals surface area contributed by atoms with Gasteiger partial charge in [-0.3, -0.25) is 0 Å². The minimum absolute atomic E-state index is 0.806. The second-order valence-electron chi connectivity index (χ2n) is 2.59. The Bertz CT molecular complexity index is 423. The molecule has 0 spiro atoms. The lowest BCUT2D eigenvalue weighted by Gasteiger charge is -1.96. The van der Waals surface area contributed by atoms with Gasteiger partial charge in [0.15, 0.2) is 5.82 Å². The van der Waals surface area contributed by atoms with Crippen LogP contribution in [0.3, 0.4) is 0 Å². The Morgan fingerprint density at radius 2 is 2.31 bits per heavy atom. The number of nitrogens with zero attached hydrogens (tertiary/aromatic N) is 3. The number of thiazole rings is 1. The average molecular weight is 194 g/mol. The van der Waals surface area contributed by atoms with E-state index in [-0.39, 0.29) is 0 Å². The first-order valence-corrected chi connectivity index (χ1v) is 4.95. The third-order valence-corrected chi connectivity index (χ3v) is 2.89. The van der Waals surface area contributed by atoms with E-state index in [1.54, 1.807) is 17.7 Å². The summed E-state index contributed by atoms with van der Waals surface area (Å²) < 4.78 is 0. The van der Waals surface area contributed by atoms with Gasteiger partial charge in [0.05, 0.1) is 5.01 Å². The molecule has 4 nitrogen and oxygen atoms in total. The highest BCUT2D eigenvalue weighted by Crippen LogP contribution is 2.24. The molecule has 0 unspecified atom stereocenters. The lowest BCUT2D eigenvalue weighted by Crippen LogP contribution is -1.93. The van der Waals surface area contributed by atoms with Gasteiger partial charge in [-0.05, 0) is 6.42 Å². The Labute approximate surface area is 80.1 Å². The molecule has 0 fully saturated rings. The van der Waals surface area contributed by atoms with E-state index in [4.69, 9.17) is 0 Å². The van der Waals surface area contributed by atoms with Crippen LogP contribution in [0.5, 0.6) is 0 Å². The second-order valence-corrected chi connectivity index (χ2v) is 3.65. The largest absolute Gasteiger partial charge is 0.371 e. The highest BCUT2D eigenvalue weighted by Gasteiger charge is 2.07. The van der Waals surface area contributed by atoms with Crippen LogP contribution in [0.2, 0.25) is 0 Å². The topological polar surface area (TPSA) is 50.7 Å². The minimum Gasteiger partial charge on any atom is -0.371 e. The number of anilines is 1. The lowest BCUT2D eigenvalue weighted by molar-refractivity contribution is 1.10. The zero-order valence-electron chi connectivity index (χ0n) is 7.53. The Morgan fingerprint density at radius 1 is 1.46 bits per heavy atom. The zero-order valence-corrected chi connectivity index (χ0v) is 8.35. The summed E-state index contributed by atoms with van der Waals surface area (Å²) >= 11 is 1.62. The highest BCUT2D eigenvalue weighted by molar-refractivity contribution is 7.18. The Balaban J connectivity index is 2.67. The average Bonchev–Trinajstić information content (AvgIpc) is 2.59. The van der Waals surface area contributed by atoms with Gasteiger partial charge in [0.25, 0.3) is 0 Å². The monoisotopic (exact) mass is 194 g/mol. The number of aryl methyl sites for hydroxylation is 1. The number of hydrogen-bond donors (Lipinski definition) is 1. The molecule has 5 heteroatoms. The van der Waals surface area contributed by atoms with E-state index in [0.29, 0.717) is 0 Å². The Morgan fingerprint density at radius 3 is 3.00 bits per heavy atom. The normalized spacial score (nSPS) is 10.6. The smallest absolute Gasteiger partial charge is 0.156 e. The summed E-state index contributed by atoms with van der Waals surface area (Å²) in [5.74, 6) is 0.806. The van der Waals surface area contributed by atoms with E-state index in [1.165, 1.54) is 0 Å². The molecule has 1 N–H and O–H groups in total. The molecule has 0 saturated carbocycles. The van der Waals surface area contributed by atoms with Gasteiger partial charge in [-0.1, -0.05) is 18.3 Å². The van der Waals surface area contributed by atoms with Crippen molar-refractivity contribution < 1.29 is 0 Å². The maximum absolute atomic E-state index is 4.43. The van der Waals surface area contributed by atoms with Gasteiger partial charge in [-0.25, -0.2) is 15.0 Å². The van der Waals surface area contributed by atoms with Crippen LogP contribution in [0.25, 0.3) is 10.3 Å². The number of aromatic nitrogens is 3. The SMILES string of the molecule is CCc1nc2c(NC)ncnc2s1. The molecular weight excluding hydrogens is 184 g/mol. The van der Waals surface area contributed by atoms with Gasteiger partial charge >= 0.3 is 0 Å². The summed E-state index contributed by atoms with van der Waals surface area (Å²) in [4.78, 5) is 13.6. The molecular formula is C8H10N4S. The second kappa shape index (κ2) is 3.26. The van der Waals surface area contributed by atoms with Crippen LogP contribution < -0.4 is 5.32 Å². The molecule has 0 aromatic carbocycles. The number of nitrogens with one attached hydrogen (secondary N) is 1. The molecule has 0 aliphatic heterocycles. The van der Waals surface area contributed by atoms with Crippen LogP contribution in [0, 0.1) is 0 Å². The third-order valence-electron chi connectivity index (χ3n) is 1.78. The van der Waals surface area contributed by atoms with Crippen molar-refractivity contribution in [1.82, 2.24) is 15.0 Å². The molecule has 68 valence electrons. The van der Waals surface area contributed by atoms with Gasteiger partial charge in [0.2, 0.25) is 0 Å². The summed E-state index contributed by atoms with van der Waals surface area (Å²) in [6.07, 6.45) is 2.51. The Hall–Kier alpha value is -1.23. The molecule has 13 heavy (non-hydrogen) atoms. The first-order valence-electron chi connectivity index (χ1n) is 4.13. The van der Waals surface area contributed by atoms with E-state index >= 15 is 0 Å². The molecule has 0 amide bonds. The molecule has 0 bridgehead atoms. The van der Waals surface area contributed by atoms with Crippen LogP contribution in [0.15, 0.2) is 6.33 Å². The molecule has 0 aliphatic rings. The highest BCUT2D eigenvalue weighted by atomic mass is 32.1. The van der Waals surface area contributed by atoms with E-state index in [9.17, 15) is 0 Å². The maximum atomic E-state index is 4.43. The Kier molecular flexibility index (Phi) is 2.10. The summed E-state index contributed by atoms with van der Waals surface area (Å²) in [7, 11) is 1.84. The predicted octanol–water partition coefficient (Wildman–Crippen LogP) is 1.69.